The number of ether oxygens (including phenoxy) is 1. The van der Waals surface area contributed by atoms with Crippen LogP contribution in [0.4, 0.5) is 10.7 Å². The van der Waals surface area contributed by atoms with E-state index in [4.69, 9.17) is 4.74 Å². The molecule has 0 fully saturated rings. The van der Waals surface area contributed by atoms with E-state index in [0.29, 0.717) is 6.54 Å². The summed E-state index contributed by atoms with van der Waals surface area (Å²) in [5.41, 5.74) is 1.77. The number of carbonyl (C=O) groups excluding carboxylic acids is 2. The summed E-state index contributed by atoms with van der Waals surface area (Å²) in [6.45, 7) is -0.191. The Morgan fingerprint density at radius 3 is 2.34 bits per heavy atom. The molecule has 29 heavy (non-hydrogen) atoms. The van der Waals surface area contributed by atoms with Crippen LogP contribution >= 0.6 is 0 Å². The molecule has 3 N–H and O–H groups in total. The van der Waals surface area contributed by atoms with Gasteiger partial charge in [-0.15, -0.1) is 5.10 Å². The fourth-order valence-electron chi connectivity index (χ4n) is 2.41. The van der Waals surface area contributed by atoms with Gasteiger partial charge in [-0.2, -0.15) is 4.80 Å². The molecule has 1 atom stereocenters. The summed E-state index contributed by atoms with van der Waals surface area (Å²) in [4.78, 5) is 25.5. The highest BCUT2D eigenvalue weighted by Gasteiger charge is 2.22. The van der Waals surface area contributed by atoms with Crippen molar-refractivity contribution in [3.63, 3.8) is 0 Å². The third-order valence-electron chi connectivity index (χ3n) is 3.86. The summed E-state index contributed by atoms with van der Waals surface area (Å²) in [6.07, 6.45) is -0.830. The average Bonchev–Trinajstić information content (AvgIpc) is 3.18. The first-order valence-corrected chi connectivity index (χ1v) is 8.84. The Morgan fingerprint density at radius 2 is 1.69 bits per heavy atom. The van der Waals surface area contributed by atoms with Gasteiger partial charge in [-0.3, -0.25) is 10.1 Å². The van der Waals surface area contributed by atoms with E-state index < -0.39 is 24.6 Å². The van der Waals surface area contributed by atoms with Crippen molar-refractivity contribution in [2.24, 2.45) is 0 Å². The van der Waals surface area contributed by atoms with Crippen LogP contribution in [0.15, 0.2) is 60.7 Å². The van der Waals surface area contributed by atoms with Crippen molar-refractivity contribution in [3.05, 3.63) is 71.8 Å². The van der Waals surface area contributed by atoms with E-state index >= 15 is 0 Å². The van der Waals surface area contributed by atoms with Crippen LogP contribution in [0.25, 0.3) is 0 Å². The maximum atomic E-state index is 12.3. The molecule has 0 spiro atoms. The van der Waals surface area contributed by atoms with Crippen molar-refractivity contribution in [3.8, 4) is 0 Å². The van der Waals surface area contributed by atoms with Gasteiger partial charge in [0.2, 0.25) is 0 Å². The first-order valence-electron chi connectivity index (χ1n) is 8.84. The molecule has 1 aromatic heterocycles. The quantitative estimate of drug-likeness (QED) is 0.516. The molecule has 0 aliphatic rings. The molecule has 3 rings (SSSR count). The van der Waals surface area contributed by atoms with Gasteiger partial charge in [0.25, 0.3) is 11.9 Å². The largest absolute Gasteiger partial charge is 0.445 e. The van der Waals surface area contributed by atoms with Gasteiger partial charge in [0.15, 0.2) is 0 Å². The lowest BCUT2D eigenvalue weighted by molar-refractivity contribution is -0.119. The number of benzene rings is 2. The van der Waals surface area contributed by atoms with E-state index in [1.165, 1.54) is 4.80 Å². The SMILES string of the molecule is O=C(N[C@@H](CO)C(=O)Nc1nnn(Cc2ccccc2)n1)OCc1ccccc1. The van der Waals surface area contributed by atoms with Crippen LogP contribution in [-0.2, 0) is 22.7 Å². The maximum absolute atomic E-state index is 12.3. The highest BCUT2D eigenvalue weighted by molar-refractivity contribution is 5.95. The lowest BCUT2D eigenvalue weighted by Gasteiger charge is -2.14. The lowest BCUT2D eigenvalue weighted by Crippen LogP contribution is -2.46. The van der Waals surface area contributed by atoms with Crippen LogP contribution in [0.5, 0.6) is 0 Å². The van der Waals surface area contributed by atoms with E-state index in [1.54, 1.807) is 12.1 Å². The number of aliphatic hydroxyl groups excluding tert-OH is 1. The third-order valence-corrected chi connectivity index (χ3v) is 3.86. The minimum Gasteiger partial charge on any atom is -0.445 e. The van der Waals surface area contributed by atoms with Gasteiger partial charge in [0.1, 0.15) is 12.6 Å². The fourth-order valence-corrected chi connectivity index (χ4v) is 2.41. The van der Waals surface area contributed by atoms with Crippen molar-refractivity contribution < 1.29 is 19.4 Å². The van der Waals surface area contributed by atoms with Gasteiger partial charge in [-0.1, -0.05) is 65.8 Å². The predicted octanol–water partition coefficient (Wildman–Crippen LogP) is 0.947. The second-order valence-corrected chi connectivity index (χ2v) is 6.06. The average molecular weight is 396 g/mol. The predicted molar refractivity (Wildman–Crippen MR) is 103 cm³/mol. The Morgan fingerprint density at radius 1 is 1.03 bits per heavy atom. The molecule has 150 valence electrons. The number of tetrazole rings is 1. The van der Waals surface area contributed by atoms with Crippen molar-refractivity contribution >= 4 is 17.9 Å². The number of amides is 2. The molecule has 0 bridgehead atoms. The maximum Gasteiger partial charge on any atom is 0.408 e. The van der Waals surface area contributed by atoms with E-state index in [9.17, 15) is 14.7 Å². The Hall–Kier alpha value is -3.79. The number of hydrogen-bond acceptors (Lipinski definition) is 7. The number of nitrogens with zero attached hydrogens (tertiary/aromatic N) is 4. The zero-order valence-electron chi connectivity index (χ0n) is 15.4. The summed E-state index contributed by atoms with van der Waals surface area (Å²) in [5, 5.41) is 25.8. The number of alkyl carbamates (subject to hydrolysis) is 1. The third kappa shape index (κ3) is 6.11. The Labute approximate surface area is 166 Å². The van der Waals surface area contributed by atoms with E-state index in [1.807, 2.05) is 48.5 Å². The lowest BCUT2D eigenvalue weighted by atomic mass is 10.2. The van der Waals surface area contributed by atoms with Crippen LogP contribution in [0.3, 0.4) is 0 Å². The van der Waals surface area contributed by atoms with Crippen LogP contribution in [0.2, 0.25) is 0 Å². The van der Waals surface area contributed by atoms with Crippen LogP contribution in [0, 0.1) is 0 Å². The number of carbonyl (C=O) groups is 2. The van der Waals surface area contributed by atoms with Gasteiger partial charge in [0, 0.05) is 0 Å². The molecule has 2 aromatic carbocycles. The molecule has 0 saturated carbocycles. The summed E-state index contributed by atoms with van der Waals surface area (Å²) in [6, 6.07) is 17.4. The minimum atomic E-state index is -1.22. The van der Waals surface area contributed by atoms with E-state index in [2.05, 4.69) is 26.0 Å². The molecule has 0 radical (unpaired) electrons. The van der Waals surface area contributed by atoms with Crippen molar-refractivity contribution in [2.45, 2.75) is 19.2 Å². The van der Waals surface area contributed by atoms with Crippen molar-refractivity contribution in [1.29, 1.82) is 0 Å². The molecule has 3 aromatic rings. The summed E-state index contributed by atoms with van der Waals surface area (Å²) >= 11 is 0. The summed E-state index contributed by atoms with van der Waals surface area (Å²) in [5.74, 6) is -0.729. The van der Waals surface area contributed by atoms with Gasteiger partial charge in [-0.05, 0) is 16.3 Å². The van der Waals surface area contributed by atoms with Crippen molar-refractivity contribution in [1.82, 2.24) is 25.5 Å². The highest BCUT2D eigenvalue weighted by Crippen LogP contribution is 2.03. The monoisotopic (exact) mass is 396 g/mol. The molecule has 0 aliphatic heterocycles. The second kappa shape index (κ2) is 9.95. The number of anilines is 1. The number of rotatable bonds is 8. The molecule has 0 saturated heterocycles. The first-order chi connectivity index (χ1) is 14.1. The molecular formula is C19H20N6O4. The molecule has 0 aliphatic carbocycles. The zero-order chi connectivity index (χ0) is 20.5. The Balaban J connectivity index is 1.49. The zero-order valence-corrected chi connectivity index (χ0v) is 15.4. The van der Waals surface area contributed by atoms with Gasteiger partial charge < -0.3 is 15.2 Å². The van der Waals surface area contributed by atoms with Crippen molar-refractivity contribution in [2.75, 3.05) is 11.9 Å². The Kier molecular flexibility index (Phi) is 6.85. The van der Waals surface area contributed by atoms with Crippen LogP contribution in [0.1, 0.15) is 11.1 Å². The standard InChI is InChI=1S/C19H20N6O4/c26-12-16(20-19(28)29-13-15-9-5-2-6-10-15)17(27)21-18-22-24-25(23-18)11-14-7-3-1-4-8-14/h1-10,16,26H,11-13H2,(H,20,28)(H,21,23,27)/t16-/m0/s1. The van der Waals surface area contributed by atoms with Crippen LogP contribution in [-0.4, -0.2) is 50.0 Å². The molecule has 2 amide bonds. The van der Waals surface area contributed by atoms with E-state index in [0.717, 1.165) is 11.1 Å². The van der Waals surface area contributed by atoms with Crippen LogP contribution < -0.4 is 10.6 Å². The Bertz CT molecular complexity index is 932. The molecule has 1 heterocycles. The van der Waals surface area contributed by atoms with Gasteiger partial charge in [0.05, 0.1) is 13.2 Å². The number of aliphatic hydroxyl groups is 1. The number of hydrogen-bond donors (Lipinski definition) is 3. The molecule has 10 nitrogen and oxygen atoms in total. The summed E-state index contributed by atoms with van der Waals surface area (Å²) < 4.78 is 5.04. The van der Waals surface area contributed by atoms with Gasteiger partial charge in [-0.25, -0.2) is 4.79 Å². The minimum absolute atomic E-state index is 0.0381. The van der Waals surface area contributed by atoms with E-state index in [-0.39, 0.29) is 12.6 Å². The fraction of sp³-hybridized carbons (Fsp3) is 0.211. The molecular weight excluding hydrogens is 376 g/mol. The number of nitrogens with one attached hydrogen (secondary N) is 2. The number of aromatic nitrogens is 4. The van der Waals surface area contributed by atoms with Gasteiger partial charge >= 0.3 is 6.09 Å². The first kappa shape index (κ1) is 20.0. The molecule has 10 heteroatoms. The molecule has 0 unspecified atom stereocenters. The topological polar surface area (TPSA) is 131 Å². The highest BCUT2D eigenvalue weighted by atomic mass is 16.5. The second-order valence-electron chi connectivity index (χ2n) is 6.06. The normalized spacial score (nSPS) is 11.5. The summed E-state index contributed by atoms with van der Waals surface area (Å²) in [7, 11) is 0. The smallest absolute Gasteiger partial charge is 0.408 e.